The average molecular weight is 371 g/mol. The minimum Gasteiger partial charge on any atom is -0.486 e. The number of ether oxygens (including phenoxy) is 2. The highest BCUT2D eigenvalue weighted by Gasteiger charge is 2.23. The molecule has 0 bridgehead atoms. The number of amides is 1. The lowest BCUT2D eigenvalue weighted by Gasteiger charge is -2.29. The first-order valence-corrected chi connectivity index (χ1v) is 8.45. The van der Waals surface area contributed by atoms with Crippen LogP contribution in [0.3, 0.4) is 0 Å². The van der Waals surface area contributed by atoms with Crippen LogP contribution in [0.25, 0.3) is 6.08 Å². The van der Waals surface area contributed by atoms with E-state index < -0.39 is 11.2 Å². The van der Waals surface area contributed by atoms with E-state index in [2.05, 4.69) is 0 Å². The number of benzene rings is 1. The normalized spacial score (nSPS) is 15.7. The predicted octanol–water partition coefficient (Wildman–Crippen LogP) is 0.396. The van der Waals surface area contributed by atoms with Crippen molar-refractivity contribution in [2.45, 2.75) is 6.10 Å². The zero-order valence-electron chi connectivity index (χ0n) is 15.4. The maximum Gasteiger partial charge on any atom is 0.330 e. The van der Waals surface area contributed by atoms with Crippen molar-refractivity contribution in [3.63, 3.8) is 0 Å². The topological polar surface area (TPSA) is 82.8 Å². The van der Waals surface area contributed by atoms with E-state index in [0.717, 1.165) is 4.57 Å². The molecule has 0 saturated carbocycles. The first kappa shape index (κ1) is 18.5. The van der Waals surface area contributed by atoms with Crippen LogP contribution in [0.2, 0.25) is 0 Å². The van der Waals surface area contributed by atoms with E-state index in [0.29, 0.717) is 24.7 Å². The summed E-state index contributed by atoms with van der Waals surface area (Å²) in [4.78, 5) is 37.6. The van der Waals surface area contributed by atoms with E-state index in [1.54, 1.807) is 14.1 Å². The maximum atomic E-state index is 12.3. The second-order valence-electron chi connectivity index (χ2n) is 6.39. The maximum absolute atomic E-state index is 12.3. The molecule has 0 saturated heterocycles. The van der Waals surface area contributed by atoms with Crippen molar-refractivity contribution < 1.29 is 14.3 Å². The van der Waals surface area contributed by atoms with Crippen LogP contribution in [0.15, 0.2) is 46.1 Å². The summed E-state index contributed by atoms with van der Waals surface area (Å²) in [6, 6.07) is 7.37. The largest absolute Gasteiger partial charge is 0.486 e. The molecule has 1 aromatic carbocycles. The van der Waals surface area contributed by atoms with E-state index in [4.69, 9.17) is 9.47 Å². The van der Waals surface area contributed by atoms with Gasteiger partial charge in [-0.15, -0.1) is 0 Å². The van der Waals surface area contributed by atoms with Crippen LogP contribution in [0.4, 0.5) is 0 Å². The molecule has 0 spiro atoms. The second-order valence-corrected chi connectivity index (χ2v) is 6.39. The van der Waals surface area contributed by atoms with Crippen molar-refractivity contribution in [2.24, 2.45) is 14.1 Å². The van der Waals surface area contributed by atoms with E-state index in [1.165, 1.54) is 34.9 Å². The van der Waals surface area contributed by atoms with Crippen molar-refractivity contribution in [2.75, 3.05) is 20.2 Å². The Morgan fingerprint density at radius 1 is 1.26 bits per heavy atom. The lowest BCUT2D eigenvalue weighted by molar-refractivity contribution is -0.126. The molecule has 0 N–H and O–H groups in total. The minimum atomic E-state index is -0.453. The molecule has 0 aliphatic carbocycles. The van der Waals surface area contributed by atoms with Crippen LogP contribution in [0, 0.1) is 0 Å². The van der Waals surface area contributed by atoms with E-state index >= 15 is 0 Å². The summed E-state index contributed by atoms with van der Waals surface area (Å²) in [6.07, 6.45) is 3.84. The highest BCUT2D eigenvalue weighted by Crippen LogP contribution is 2.30. The summed E-state index contributed by atoms with van der Waals surface area (Å²) in [6.45, 7) is 0.683. The fourth-order valence-electron chi connectivity index (χ4n) is 2.79. The first-order valence-electron chi connectivity index (χ1n) is 8.45. The van der Waals surface area contributed by atoms with Gasteiger partial charge in [0.25, 0.3) is 5.56 Å². The van der Waals surface area contributed by atoms with Gasteiger partial charge in [-0.1, -0.05) is 12.1 Å². The number of rotatable bonds is 4. The zero-order valence-corrected chi connectivity index (χ0v) is 15.4. The van der Waals surface area contributed by atoms with Gasteiger partial charge in [-0.2, -0.15) is 0 Å². The number of carbonyl (C=O) groups is 1. The molecule has 1 aliphatic rings. The Hall–Kier alpha value is -3.29. The van der Waals surface area contributed by atoms with Gasteiger partial charge in [-0.25, -0.2) is 4.79 Å². The van der Waals surface area contributed by atoms with Gasteiger partial charge in [0.2, 0.25) is 5.91 Å². The van der Waals surface area contributed by atoms with Crippen molar-refractivity contribution in [1.29, 1.82) is 0 Å². The third-order valence-electron chi connectivity index (χ3n) is 4.30. The van der Waals surface area contributed by atoms with Crippen molar-refractivity contribution in [1.82, 2.24) is 14.0 Å². The highest BCUT2D eigenvalue weighted by atomic mass is 16.6. The second kappa shape index (κ2) is 7.53. The number of hydrogen-bond donors (Lipinski definition) is 0. The summed E-state index contributed by atoms with van der Waals surface area (Å²) >= 11 is 0. The number of likely N-dealkylation sites (N-methyl/N-ethyl adjacent to an activating group) is 1. The molecule has 8 nitrogen and oxygen atoms in total. The number of nitrogens with zero attached hydrogens (tertiary/aromatic N) is 3. The number of fused-ring (bicyclic) bond motifs is 1. The fraction of sp³-hybridized carbons (Fsp3) is 0.316. The first-order chi connectivity index (χ1) is 12.9. The molecule has 1 amide bonds. The number of carbonyl (C=O) groups excluding carboxylic acids is 1. The quantitative estimate of drug-likeness (QED) is 0.727. The summed E-state index contributed by atoms with van der Waals surface area (Å²) in [7, 11) is 4.59. The van der Waals surface area contributed by atoms with Crippen molar-refractivity contribution in [3.8, 4) is 11.5 Å². The van der Waals surface area contributed by atoms with E-state index in [9.17, 15) is 14.4 Å². The fourth-order valence-corrected chi connectivity index (χ4v) is 2.79. The van der Waals surface area contributed by atoms with Gasteiger partial charge in [0.05, 0.1) is 12.1 Å². The summed E-state index contributed by atoms with van der Waals surface area (Å²) in [5.41, 5.74) is -0.617. The van der Waals surface area contributed by atoms with Gasteiger partial charge in [0, 0.05) is 33.4 Å². The van der Waals surface area contributed by atoms with Crippen LogP contribution in [0.1, 0.15) is 5.56 Å². The zero-order chi connectivity index (χ0) is 19.6. The predicted molar refractivity (Wildman–Crippen MR) is 99.9 cm³/mol. The molecular formula is C19H21N3O5. The molecule has 0 unspecified atom stereocenters. The van der Waals surface area contributed by atoms with Gasteiger partial charge in [-0.3, -0.25) is 14.2 Å². The third-order valence-corrected chi connectivity index (χ3v) is 4.30. The van der Waals surface area contributed by atoms with Crippen LogP contribution >= 0.6 is 0 Å². The highest BCUT2D eigenvalue weighted by molar-refractivity contribution is 5.91. The van der Waals surface area contributed by atoms with Gasteiger partial charge in [-0.05, 0) is 18.2 Å². The lowest BCUT2D eigenvalue weighted by atomic mass is 10.2. The number of para-hydroxylation sites is 2. The standard InChI is InChI=1S/C19H21N3O5/c1-20(11-14-12-26-15-6-4-5-7-16(15)27-14)17(23)9-8-13-10-21(2)19(25)22(3)18(13)24/h4-10,14H,11-12H2,1-3H3/b9-8+/t14-/m0/s1. The number of aromatic nitrogens is 2. The molecule has 1 aromatic heterocycles. The van der Waals surface area contributed by atoms with Crippen molar-refractivity contribution >= 4 is 12.0 Å². The van der Waals surface area contributed by atoms with Crippen molar-refractivity contribution in [3.05, 3.63) is 62.9 Å². The van der Waals surface area contributed by atoms with Crippen LogP contribution in [0.5, 0.6) is 11.5 Å². The van der Waals surface area contributed by atoms with Crippen LogP contribution in [-0.2, 0) is 18.9 Å². The van der Waals surface area contributed by atoms with Gasteiger partial charge in [0.1, 0.15) is 6.61 Å². The molecular weight excluding hydrogens is 350 g/mol. The minimum absolute atomic E-state index is 0.257. The Bertz CT molecular complexity index is 1010. The average Bonchev–Trinajstić information content (AvgIpc) is 2.67. The Kier molecular flexibility index (Phi) is 5.16. The number of hydrogen-bond acceptors (Lipinski definition) is 5. The Labute approximate surface area is 155 Å². The SMILES string of the molecule is CN(C[C@H]1COc2ccccc2O1)C(=O)/C=C/c1cn(C)c(=O)n(C)c1=O. The molecule has 142 valence electrons. The molecule has 3 rings (SSSR count). The monoisotopic (exact) mass is 371 g/mol. The Morgan fingerprint density at radius 2 is 1.96 bits per heavy atom. The molecule has 2 aromatic rings. The van der Waals surface area contributed by atoms with E-state index in [1.807, 2.05) is 24.3 Å². The van der Waals surface area contributed by atoms with Crippen LogP contribution < -0.4 is 20.7 Å². The molecule has 1 aliphatic heterocycles. The summed E-state index contributed by atoms with van der Waals surface area (Å²) in [5.74, 6) is 1.06. The molecule has 1 atom stereocenters. The van der Waals surface area contributed by atoms with Gasteiger partial charge >= 0.3 is 5.69 Å². The molecule has 0 radical (unpaired) electrons. The Morgan fingerprint density at radius 3 is 2.70 bits per heavy atom. The molecule has 8 heteroatoms. The third kappa shape index (κ3) is 3.94. The number of aryl methyl sites for hydroxylation is 1. The van der Waals surface area contributed by atoms with Gasteiger partial charge in [0.15, 0.2) is 17.6 Å². The van der Waals surface area contributed by atoms with Crippen LogP contribution in [-0.4, -0.2) is 46.2 Å². The lowest BCUT2D eigenvalue weighted by Crippen LogP contribution is -2.41. The summed E-state index contributed by atoms with van der Waals surface area (Å²) < 4.78 is 13.8. The van der Waals surface area contributed by atoms with Gasteiger partial charge < -0.3 is 18.9 Å². The van der Waals surface area contributed by atoms with E-state index in [-0.39, 0.29) is 17.6 Å². The summed E-state index contributed by atoms with van der Waals surface area (Å²) in [5, 5.41) is 0. The smallest absolute Gasteiger partial charge is 0.330 e. The molecule has 0 fully saturated rings. The molecule has 2 heterocycles. The Balaban J connectivity index is 1.66. The molecule has 27 heavy (non-hydrogen) atoms.